The molecule has 0 aliphatic rings. The van der Waals surface area contributed by atoms with Crippen LogP contribution in [0.3, 0.4) is 0 Å². The molecule has 3 rings (SSSR count). The van der Waals surface area contributed by atoms with Crippen LogP contribution in [0.2, 0.25) is 0 Å². The second-order valence-electron chi connectivity index (χ2n) is 5.88. The van der Waals surface area contributed by atoms with Gasteiger partial charge in [0.1, 0.15) is 0 Å². The molecule has 0 fully saturated rings. The molecule has 0 amide bonds. The van der Waals surface area contributed by atoms with Crippen molar-refractivity contribution in [2.75, 3.05) is 5.32 Å². The summed E-state index contributed by atoms with van der Waals surface area (Å²) in [6.45, 7) is 3.81. The number of nitrogens with one attached hydrogen (secondary N) is 1. The Morgan fingerprint density at radius 3 is 2.58 bits per heavy atom. The first-order chi connectivity index (χ1) is 12.2. The van der Waals surface area contributed by atoms with Crippen LogP contribution in [0.1, 0.15) is 31.9 Å². The van der Waals surface area contributed by atoms with Crippen LogP contribution < -0.4 is 5.32 Å². The SMILES string of the molecule is Cc1ccc(C(=O)c2cnc(Nc3cccc(C(F)(F)F)c3)s2)c(C)c1. The highest BCUT2D eigenvalue weighted by atomic mass is 32.1. The summed E-state index contributed by atoms with van der Waals surface area (Å²) < 4.78 is 38.4. The van der Waals surface area contributed by atoms with Crippen LogP contribution in [0.5, 0.6) is 0 Å². The van der Waals surface area contributed by atoms with Crippen molar-refractivity contribution in [1.82, 2.24) is 4.98 Å². The maximum Gasteiger partial charge on any atom is 0.416 e. The molecule has 26 heavy (non-hydrogen) atoms. The topological polar surface area (TPSA) is 42.0 Å². The van der Waals surface area contributed by atoms with E-state index in [0.29, 0.717) is 15.6 Å². The van der Waals surface area contributed by atoms with Crippen LogP contribution in [-0.2, 0) is 6.18 Å². The van der Waals surface area contributed by atoms with E-state index in [1.165, 1.54) is 18.3 Å². The van der Waals surface area contributed by atoms with Crippen LogP contribution in [0.15, 0.2) is 48.7 Å². The molecule has 0 spiro atoms. The number of ketones is 1. The summed E-state index contributed by atoms with van der Waals surface area (Å²) in [5.41, 5.74) is 2.04. The molecule has 0 atom stereocenters. The third-order valence-electron chi connectivity index (χ3n) is 3.80. The minimum atomic E-state index is -4.41. The predicted molar refractivity (Wildman–Crippen MR) is 96.2 cm³/mol. The van der Waals surface area contributed by atoms with E-state index in [2.05, 4.69) is 10.3 Å². The van der Waals surface area contributed by atoms with Crippen LogP contribution in [-0.4, -0.2) is 10.8 Å². The molecule has 1 aromatic heterocycles. The molecule has 0 saturated carbocycles. The zero-order valence-electron chi connectivity index (χ0n) is 14.0. The molecule has 0 aliphatic heterocycles. The molecule has 3 aromatic rings. The number of thiazole rings is 1. The van der Waals surface area contributed by atoms with E-state index in [1.54, 1.807) is 6.07 Å². The standard InChI is InChI=1S/C19H15F3N2OS/c1-11-6-7-15(12(2)8-11)17(25)16-10-23-18(26-16)24-14-5-3-4-13(9-14)19(20,21)22/h3-10H,1-2H3,(H,23,24). The van der Waals surface area contributed by atoms with E-state index in [1.807, 2.05) is 26.0 Å². The summed E-state index contributed by atoms with van der Waals surface area (Å²) in [6.07, 6.45) is -2.98. The zero-order valence-corrected chi connectivity index (χ0v) is 14.8. The lowest BCUT2D eigenvalue weighted by atomic mass is 10.0. The van der Waals surface area contributed by atoms with Gasteiger partial charge in [-0.05, 0) is 37.6 Å². The lowest BCUT2D eigenvalue weighted by molar-refractivity contribution is -0.137. The second kappa shape index (κ2) is 6.92. The maximum atomic E-state index is 12.8. The number of hydrogen-bond donors (Lipinski definition) is 1. The van der Waals surface area contributed by atoms with Gasteiger partial charge in [0.2, 0.25) is 5.78 Å². The number of aryl methyl sites for hydroxylation is 2. The number of nitrogens with zero attached hydrogens (tertiary/aromatic N) is 1. The Kier molecular flexibility index (Phi) is 4.82. The monoisotopic (exact) mass is 376 g/mol. The van der Waals surface area contributed by atoms with E-state index < -0.39 is 11.7 Å². The number of alkyl halides is 3. The first-order valence-corrected chi connectivity index (χ1v) is 8.58. The number of benzene rings is 2. The van der Waals surface area contributed by atoms with Gasteiger partial charge in [-0.15, -0.1) is 0 Å². The molecule has 0 radical (unpaired) electrons. The number of hydrogen-bond acceptors (Lipinski definition) is 4. The predicted octanol–water partition coefficient (Wildman–Crippen LogP) is 5.75. The smallest absolute Gasteiger partial charge is 0.332 e. The van der Waals surface area contributed by atoms with Crippen LogP contribution >= 0.6 is 11.3 Å². The minimum absolute atomic E-state index is 0.155. The van der Waals surface area contributed by atoms with Gasteiger partial charge in [-0.1, -0.05) is 41.2 Å². The fourth-order valence-electron chi connectivity index (χ4n) is 2.53. The van der Waals surface area contributed by atoms with E-state index in [-0.39, 0.29) is 11.5 Å². The summed E-state index contributed by atoms with van der Waals surface area (Å²) in [6, 6.07) is 10.4. The van der Waals surface area contributed by atoms with Gasteiger partial charge in [0.05, 0.1) is 16.6 Å². The van der Waals surface area contributed by atoms with Gasteiger partial charge in [-0.2, -0.15) is 13.2 Å². The average molecular weight is 376 g/mol. The molecular formula is C19H15F3N2OS. The highest BCUT2D eigenvalue weighted by Crippen LogP contribution is 2.32. The third-order valence-corrected chi connectivity index (χ3v) is 4.71. The number of carbonyl (C=O) groups is 1. The quantitative estimate of drug-likeness (QED) is 0.589. The molecule has 0 saturated heterocycles. The first-order valence-electron chi connectivity index (χ1n) is 7.76. The Morgan fingerprint density at radius 1 is 1.12 bits per heavy atom. The molecule has 1 N–H and O–H groups in total. The van der Waals surface area contributed by atoms with Crippen molar-refractivity contribution in [3.8, 4) is 0 Å². The van der Waals surface area contributed by atoms with Crippen LogP contribution in [0.4, 0.5) is 24.0 Å². The molecule has 0 aliphatic carbocycles. The molecule has 0 unspecified atom stereocenters. The minimum Gasteiger partial charge on any atom is -0.332 e. The van der Waals surface area contributed by atoms with Gasteiger partial charge < -0.3 is 5.32 Å². The summed E-state index contributed by atoms with van der Waals surface area (Å²) >= 11 is 1.10. The molecule has 0 bridgehead atoms. The zero-order chi connectivity index (χ0) is 18.9. The fourth-order valence-corrected chi connectivity index (χ4v) is 3.33. The van der Waals surface area contributed by atoms with Crippen molar-refractivity contribution >= 4 is 27.9 Å². The molecule has 2 aromatic carbocycles. The maximum absolute atomic E-state index is 12.8. The molecule has 134 valence electrons. The number of halogens is 3. The van der Waals surface area contributed by atoms with Gasteiger partial charge in [-0.25, -0.2) is 4.98 Å². The lowest BCUT2D eigenvalue weighted by Gasteiger charge is -2.08. The highest BCUT2D eigenvalue weighted by Gasteiger charge is 2.30. The van der Waals surface area contributed by atoms with Crippen molar-refractivity contribution in [2.24, 2.45) is 0 Å². The van der Waals surface area contributed by atoms with Crippen molar-refractivity contribution in [3.05, 3.63) is 75.8 Å². The number of anilines is 2. The van der Waals surface area contributed by atoms with Gasteiger partial charge in [0.15, 0.2) is 5.13 Å². The number of rotatable bonds is 4. The Bertz CT molecular complexity index is 963. The van der Waals surface area contributed by atoms with E-state index >= 15 is 0 Å². The van der Waals surface area contributed by atoms with Gasteiger partial charge in [-0.3, -0.25) is 4.79 Å². The fraction of sp³-hybridized carbons (Fsp3) is 0.158. The normalized spacial score (nSPS) is 11.4. The van der Waals surface area contributed by atoms with Gasteiger partial charge in [0.25, 0.3) is 0 Å². The highest BCUT2D eigenvalue weighted by molar-refractivity contribution is 7.17. The van der Waals surface area contributed by atoms with Crippen LogP contribution in [0.25, 0.3) is 0 Å². The molecular weight excluding hydrogens is 361 g/mol. The van der Waals surface area contributed by atoms with Crippen molar-refractivity contribution in [2.45, 2.75) is 20.0 Å². The Hall–Kier alpha value is -2.67. The summed E-state index contributed by atoms with van der Waals surface area (Å²) in [4.78, 5) is 17.1. The average Bonchev–Trinajstić information content (AvgIpc) is 3.02. The third kappa shape index (κ3) is 3.94. The number of carbonyl (C=O) groups excluding carboxylic acids is 1. The van der Waals surface area contributed by atoms with Gasteiger partial charge in [0, 0.05) is 11.3 Å². The Balaban J connectivity index is 1.81. The molecule has 1 heterocycles. The van der Waals surface area contributed by atoms with E-state index in [0.717, 1.165) is 34.6 Å². The summed E-state index contributed by atoms with van der Waals surface area (Å²) in [7, 11) is 0. The largest absolute Gasteiger partial charge is 0.416 e. The van der Waals surface area contributed by atoms with Crippen LogP contribution in [0, 0.1) is 13.8 Å². The van der Waals surface area contributed by atoms with E-state index in [4.69, 9.17) is 0 Å². The molecule has 3 nitrogen and oxygen atoms in total. The summed E-state index contributed by atoms with van der Waals surface area (Å²) in [5, 5.41) is 3.18. The van der Waals surface area contributed by atoms with Gasteiger partial charge >= 0.3 is 6.18 Å². The van der Waals surface area contributed by atoms with Crippen molar-refractivity contribution < 1.29 is 18.0 Å². The Morgan fingerprint density at radius 2 is 1.88 bits per heavy atom. The van der Waals surface area contributed by atoms with E-state index in [9.17, 15) is 18.0 Å². The second-order valence-corrected chi connectivity index (χ2v) is 6.91. The van der Waals surface area contributed by atoms with Crippen molar-refractivity contribution in [3.63, 3.8) is 0 Å². The lowest BCUT2D eigenvalue weighted by Crippen LogP contribution is -2.05. The Labute approximate surface area is 152 Å². The van der Waals surface area contributed by atoms with Crippen molar-refractivity contribution in [1.29, 1.82) is 0 Å². The first kappa shape index (κ1) is 18.1. The summed E-state index contributed by atoms with van der Waals surface area (Å²) in [5.74, 6) is -0.155. The molecule has 7 heteroatoms. The number of aromatic nitrogens is 1.